The highest BCUT2D eigenvalue weighted by atomic mass is 35.5. The van der Waals surface area contributed by atoms with Gasteiger partial charge in [0.05, 0.1) is 17.1 Å². The lowest BCUT2D eigenvalue weighted by atomic mass is 9.88. The second-order valence-electron chi connectivity index (χ2n) is 7.32. The smallest absolute Gasteiger partial charge is 0.255 e. The summed E-state index contributed by atoms with van der Waals surface area (Å²) in [5, 5.41) is 4.00. The quantitative estimate of drug-likeness (QED) is 0.676. The van der Waals surface area contributed by atoms with Gasteiger partial charge in [-0.15, -0.1) is 0 Å². The van der Waals surface area contributed by atoms with Crippen molar-refractivity contribution < 1.29 is 13.9 Å². The van der Waals surface area contributed by atoms with Gasteiger partial charge in [-0.2, -0.15) is 10.6 Å². The minimum atomic E-state index is -2.52. The fourth-order valence-electron chi connectivity index (χ4n) is 3.84. The van der Waals surface area contributed by atoms with Gasteiger partial charge in [0.25, 0.3) is 5.91 Å². The van der Waals surface area contributed by atoms with Crippen LogP contribution in [-0.2, 0) is 12.8 Å². The van der Waals surface area contributed by atoms with Crippen molar-refractivity contribution in [2.24, 2.45) is 0 Å². The van der Waals surface area contributed by atoms with Crippen molar-refractivity contribution in [3.05, 3.63) is 52.2 Å². The first-order valence-corrected chi connectivity index (χ1v) is 11.8. The van der Waals surface area contributed by atoms with E-state index in [-0.39, 0.29) is 17.4 Å². The number of nitrogens with zero attached hydrogens (tertiary/aromatic N) is 2. The maximum atomic E-state index is 13.1. The number of pyridine rings is 1. The first kappa shape index (κ1) is 19.5. The molecule has 1 aliphatic heterocycles. The third-order valence-corrected chi connectivity index (χ3v) is 7.29. The monoisotopic (exact) mass is 421 g/mol. The molecule has 1 saturated heterocycles. The van der Waals surface area contributed by atoms with Gasteiger partial charge >= 0.3 is 0 Å². The van der Waals surface area contributed by atoms with Crippen LogP contribution in [0.5, 0.6) is 0 Å². The first-order valence-electron chi connectivity index (χ1n) is 9.49. The number of amides is 1. The van der Waals surface area contributed by atoms with Gasteiger partial charge in [0.15, 0.2) is 0 Å². The van der Waals surface area contributed by atoms with E-state index in [9.17, 15) is 13.9 Å². The third-order valence-electron chi connectivity index (χ3n) is 5.38. The average Bonchev–Trinajstić information content (AvgIpc) is 2.68. The van der Waals surface area contributed by atoms with Crippen LogP contribution < -0.4 is 5.32 Å². The number of rotatable bonds is 3. The van der Waals surface area contributed by atoms with Gasteiger partial charge in [0, 0.05) is 30.0 Å². The van der Waals surface area contributed by atoms with Gasteiger partial charge < -0.3 is 10.2 Å². The summed E-state index contributed by atoms with van der Waals surface area (Å²) in [7, 11) is -2.52. The number of anilines is 2. The summed E-state index contributed by atoms with van der Waals surface area (Å²) >= 11 is 6.08. The van der Waals surface area contributed by atoms with Crippen molar-refractivity contribution in [3.63, 3.8) is 0 Å². The van der Waals surface area contributed by atoms with Crippen LogP contribution in [0, 0.1) is 0 Å². The fourth-order valence-corrected chi connectivity index (χ4v) is 5.26. The van der Waals surface area contributed by atoms with Gasteiger partial charge in [-0.1, -0.05) is 17.7 Å². The Labute approximate surface area is 171 Å². The van der Waals surface area contributed by atoms with Crippen molar-refractivity contribution in [1.82, 2.24) is 9.88 Å². The largest absolute Gasteiger partial charge is 0.340 e. The van der Waals surface area contributed by atoms with Crippen LogP contribution in [0.2, 0.25) is 5.02 Å². The molecule has 0 radical (unpaired) electrons. The number of fused-ring (bicyclic) bond motifs is 1. The Balaban J connectivity index is 1.62. The molecule has 3 N–H and O–H groups in total. The molecule has 1 aromatic carbocycles. The highest BCUT2D eigenvalue weighted by molar-refractivity contribution is 8.24. The molecule has 0 saturated carbocycles. The topological polar surface area (TPSA) is 85.7 Å². The van der Waals surface area contributed by atoms with Crippen LogP contribution >= 0.6 is 22.2 Å². The van der Waals surface area contributed by atoms with Crippen LogP contribution in [0.3, 0.4) is 0 Å². The maximum absolute atomic E-state index is 13.1. The lowest BCUT2D eigenvalue weighted by Gasteiger charge is -2.41. The normalized spacial score (nSPS) is 19.6. The fraction of sp³-hybridized carbons (Fsp3) is 0.400. The number of nitrogens with one attached hydrogen (secondary N) is 1. The molecule has 1 aliphatic carbocycles. The summed E-state index contributed by atoms with van der Waals surface area (Å²) < 4.78 is 19.6. The average molecular weight is 422 g/mol. The number of aromatic nitrogens is 1. The minimum Gasteiger partial charge on any atom is -0.340 e. The minimum absolute atomic E-state index is 0.0603. The Morgan fingerprint density at radius 1 is 1.14 bits per heavy atom. The van der Waals surface area contributed by atoms with Gasteiger partial charge in [-0.3, -0.25) is 13.9 Å². The zero-order chi connectivity index (χ0) is 19.7. The highest BCUT2D eigenvalue weighted by Gasteiger charge is 2.29. The molecule has 4 rings (SSSR count). The summed E-state index contributed by atoms with van der Waals surface area (Å²) in [5.41, 5.74) is 3.67. The van der Waals surface area contributed by atoms with Crippen LogP contribution in [0.15, 0.2) is 30.5 Å². The van der Waals surface area contributed by atoms with E-state index in [4.69, 9.17) is 11.6 Å². The second kappa shape index (κ2) is 7.91. The molecule has 0 spiro atoms. The highest BCUT2D eigenvalue weighted by Crippen LogP contribution is 2.41. The van der Waals surface area contributed by atoms with Crippen molar-refractivity contribution in [2.45, 2.75) is 25.7 Å². The molecule has 2 aromatic rings. The summed E-state index contributed by atoms with van der Waals surface area (Å²) in [6, 6.07) is 7.50. The van der Waals surface area contributed by atoms with Crippen molar-refractivity contribution in [3.8, 4) is 0 Å². The standard InChI is InChI=1S/C20H24ClN3O3S/c21-14-4-3-5-15(12-14)23-19-17-7-2-1-6-16(17)18(13-22-19)20(25)24-8-10-28(26,27)11-9-24/h3-5,12-13,26-27H,1-2,6-11H2,(H,22,23). The molecule has 0 unspecified atom stereocenters. The predicted octanol–water partition coefficient (Wildman–Crippen LogP) is 4.56. The van der Waals surface area contributed by atoms with Crippen molar-refractivity contribution in [2.75, 3.05) is 29.9 Å². The molecule has 150 valence electrons. The number of hydrogen-bond donors (Lipinski definition) is 3. The molecular weight excluding hydrogens is 398 g/mol. The van der Waals surface area contributed by atoms with E-state index < -0.39 is 10.6 Å². The van der Waals surface area contributed by atoms with Gasteiger partial charge in [0.1, 0.15) is 5.82 Å². The van der Waals surface area contributed by atoms with Gasteiger partial charge in [-0.05, 0) is 55.0 Å². The summed E-state index contributed by atoms with van der Waals surface area (Å²) in [6.07, 6.45) is 5.51. The van der Waals surface area contributed by atoms with Crippen LogP contribution in [0.25, 0.3) is 0 Å². The van der Waals surface area contributed by atoms with Crippen molar-refractivity contribution in [1.29, 1.82) is 0 Å². The lowest BCUT2D eigenvalue weighted by Crippen LogP contribution is -2.42. The number of halogens is 1. The van der Waals surface area contributed by atoms with E-state index in [1.807, 2.05) is 24.3 Å². The Morgan fingerprint density at radius 3 is 2.57 bits per heavy atom. The van der Waals surface area contributed by atoms with E-state index in [2.05, 4.69) is 10.3 Å². The van der Waals surface area contributed by atoms with Gasteiger partial charge in [-0.25, -0.2) is 4.98 Å². The molecule has 0 atom stereocenters. The Morgan fingerprint density at radius 2 is 1.86 bits per heavy atom. The number of benzene rings is 1. The number of carbonyl (C=O) groups is 1. The summed E-state index contributed by atoms with van der Waals surface area (Å²) in [6.45, 7) is 0.747. The molecule has 0 bridgehead atoms. The number of carbonyl (C=O) groups excluding carboxylic acids is 1. The molecule has 28 heavy (non-hydrogen) atoms. The molecule has 8 heteroatoms. The molecular formula is C20H24ClN3O3S. The van der Waals surface area contributed by atoms with Gasteiger partial charge in [0.2, 0.25) is 0 Å². The van der Waals surface area contributed by atoms with E-state index in [0.29, 0.717) is 23.7 Å². The zero-order valence-corrected chi connectivity index (χ0v) is 17.1. The number of hydrogen-bond acceptors (Lipinski definition) is 5. The molecule has 1 fully saturated rings. The Kier molecular flexibility index (Phi) is 5.51. The maximum Gasteiger partial charge on any atom is 0.255 e. The first-order chi connectivity index (χ1) is 13.4. The third kappa shape index (κ3) is 4.12. The predicted molar refractivity (Wildman–Crippen MR) is 114 cm³/mol. The zero-order valence-electron chi connectivity index (χ0n) is 15.5. The van der Waals surface area contributed by atoms with E-state index in [1.54, 1.807) is 11.1 Å². The molecule has 1 amide bonds. The summed E-state index contributed by atoms with van der Waals surface area (Å²) in [4.78, 5) is 19.4. The molecule has 1 aromatic heterocycles. The molecule has 2 aliphatic rings. The molecule has 6 nitrogen and oxygen atoms in total. The molecule has 2 heterocycles. The SMILES string of the molecule is O=C(c1cnc(Nc2cccc(Cl)c2)c2c1CCCC2)N1CCS(O)(O)CC1. The van der Waals surface area contributed by atoms with Crippen LogP contribution in [0.4, 0.5) is 11.5 Å². The van der Waals surface area contributed by atoms with Crippen LogP contribution in [-0.4, -0.2) is 49.5 Å². The van der Waals surface area contributed by atoms with E-state index in [1.165, 1.54) is 0 Å². The lowest BCUT2D eigenvalue weighted by molar-refractivity contribution is 0.0766. The Bertz CT molecular complexity index is 896. The second-order valence-corrected chi connectivity index (χ2v) is 10.2. The van der Waals surface area contributed by atoms with E-state index >= 15 is 0 Å². The van der Waals surface area contributed by atoms with Crippen molar-refractivity contribution >= 4 is 39.6 Å². The van der Waals surface area contributed by atoms with Crippen LogP contribution in [0.1, 0.15) is 34.3 Å². The Hall–Kier alpha value is -1.80. The van der Waals surface area contributed by atoms with E-state index in [0.717, 1.165) is 48.3 Å². The summed E-state index contributed by atoms with van der Waals surface area (Å²) in [5.74, 6) is 1.22.